The van der Waals surface area contributed by atoms with E-state index in [0.717, 1.165) is 25.7 Å². The van der Waals surface area contributed by atoms with Crippen molar-refractivity contribution >= 4 is 11.9 Å². The molecule has 0 aromatic rings. The molecule has 0 atom stereocenters. The molecule has 1 aliphatic rings. The third-order valence-electron chi connectivity index (χ3n) is 3.33. The average Bonchev–Trinajstić information content (AvgIpc) is 2.30. The lowest BCUT2D eigenvalue weighted by molar-refractivity contribution is -0.144. The highest BCUT2D eigenvalue weighted by atomic mass is 16.5. The van der Waals surface area contributed by atoms with Crippen molar-refractivity contribution in [1.82, 2.24) is 5.32 Å². The van der Waals surface area contributed by atoms with Gasteiger partial charge in [0.05, 0.1) is 6.61 Å². The number of nitrogens with one attached hydrogen (secondary N) is 1. The van der Waals surface area contributed by atoms with Crippen LogP contribution in [-0.2, 0) is 14.3 Å². The zero-order chi connectivity index (χ0) is 12.7. The van der Waals surface area contributed by atoms with Gasteiger partial charge in [-0.1, -0.05) is 0 Å². The highest BCUT2D eigenvalue weighted by Gasteiger charge is 2.27. The molecule has 17 heavy (non-hydrogen) atoms. The van der Waals surface area contributed by atoms with Crippen molar-refractivity contribution in [3.05, 3.63) is 0 Å². The third-order valence-corrected chi connectivity index (χ3v) is 3.33. The molecule has 1 N–H and O–H groups in total. The molecule has 4 heteroatoms. The standard InChI is InChI=1S/C13H23NO3/c1-3-14-13(16)11-7-5-10(6-8-11)9-12(15)17-4-2/h10-11H,3-9H2,1-2H3,(H,14,16). The van der Waals surface area contributed by atoms with Crippen LogP contribution in [0.1, 0.15) is 46.0 Å². The molecule has 1 amide bonds. The van der Waals surface area contributed by atoms with E-state index in [1.54, 1.807) is 0 Å². The molecular weight excluding hydrogens is 218 g/mol. The van der Waals surface area contributed by atoms with Crippen LogP contribution in [0.15, 0.2) is 0 Å². The van der Waals surface area contributed by atoms with Crippen molar-refractivity contribution < 1.29 is 14.3 Å². The first-order valence-electron chi connectivity index (χ1n) is 6.60. The van der Waals surface area contributed by atoms with Crippen LogP contribution in [0.25, 0.3) is 0 Å². The van der Waals surface area contributed by atoms with Crippen LogP contribution in [0.3, 0.4) is 0 Å². The average molecular weight is 241 g/mol. The molecule has 1 rings (SSSR count). The summed E-state index contributed by atoms with van der Waals surface area (Å²) in [6.07, 6.45) is 4.23. The molecule has 98 valence electrons. The molecule has 0 aromatic heterocycles. The Labute approximate surface area is 103 Å². The molecule has 1 aliphatic carbocycles. The smallest absolute Gasteiger partial charge is 0.306 e. The lowest BCUT2D eigenvalue weighted by Gasteiger charge is -2.27. The van der Waals surface area contributed by atoms with Gasteiger partial charge in [0.15, 0.2) is 0 Å². The van der Waals surface area contributed by atoms with E-state index in [0.29, 0.717) is 25.5 Å². The first kappa shape index (κ1) is 14.0. The summed E-state index contributed by atoms with van der Waals surface area (Å²) in [5.74, 6) is 0.615. The Balaban J connectivity index is 2.26. The van der Waals surface area contributed by atoms with Crippen LogP contribution in [0.5, 0.6) is 0 Å². The molecule has 0 heterocycles. The number of amides is 1. The fourth-order valence-corrected chi connectivity index (χ4v) is 2.40. The van der Waals surface area contributed by atoms with Gasteiger partial charge >= 0.3 is 5.97 Å². The molecule has 0 radical (unpaired) electrons. The second kappa shape index (κ2) is 7.30. The van der Waals surface area contributed by atoms with Gasteiger partial charge in [0.1, 0.15) is 0 Å². The Kier molecular flexibility index (Phi) is 6.01. The summed E-state index contributed by atoms with van der Waals surface area (Å²) in [4.78, 5) is 23.0. The minimum atomic E-state index is -0.103. The second-order valence-electron chi connectivity index (χ2n) is 4.62. The van der Waals surface area contributed by atoms with E-state index in [1.165, 1.54) is 0 Å². The Hall–Kier alpha value is -1.06. The third kappa shape index (κ3) is 4.75. The van der Waals surface area contributed by atoms with Crippen molar-refractivity contribution in [2.24, 2.45) is 11.8 Å². The van der Waals surface area contributed by atoms with Crippen molar-refractivity contribution in [2.45, 2.75) is 46.0 Å². The number of carbonyl (C=O) groups excluding carboxylic acids is 2. The first-order valence-corrected chi connectivity index (χ1v) is 6.60. The molecule has 0 unspecified atom stereocenters. The van der Waals surface area contributed by atoms with Gasteiger partial charge in [0.2, 0.25) is 5.91 Å². The molecule has 0 aromatic carbocycles. The van der Waals surface area contributed by atoms with E-state index in [-0.39, 0.29) is 17.8 Å². The van der Waals surface area contributed by atoms with E-state index < -0.39 is 0 Å². The van der Waals surface area contributed by atoms with E-state index in [1.807, 2.05) is 13.8 Å². The summed E-state index contributed by atoms with van der Waals surface area (Å²) in [5, 5.41) is 2.86. The van der Waals surface area contributed by atoms with E-state index in [9.17, 15) is 9.59 Å². The number of hydrogen-bond donors (Lipinski definition) is 1. The Morgan fingerprint density at radius 1 is 1.18 bits per heavy atom. The SMILES string of the molecule is CCNC(=O)C1CCC(CC(=O)OCC)CC1. The van der Waals surface area contributed by atoms with Crippen LogP contribution in [-0.4, -0.2) is 25.0 Å². The molecule has 0 aliphatic heterocycles. The Morgan fingerprint density at radius 3 is 2.35 bits per heavy atom. The van der Waals surface area contributed by atoms with E-state index in [4.69, 9.17) is 4.74 Å². The predicted molar refractivity (Wildman–Crippen MR) is 65.4 cm³/mol. The largest absolute Gasteiger partial charge is 0.466 e. The molecule has 0 bridgehead atoms. The lowest BCUT2D eigenvalue weighted by atomic mass is 9.80. The van der Waals surface area contributed by atoms with E-state index in [2.05, 4.69) is 5.32 Å². The van der Waals surface area contributed by atoms with Gasteiger partial charge in [-0.15, -0.1) is 0 Å². The monoisotopic (exact) mass is 241 g/mol. The Morgan fingerprint density at radius 2 is 1.82 bits per heavy atom. The van der Waals surface area contributed by atoms with E-state index >= 15 is 0 Å². The van der Waals surface area contributed by atoms with Crippen molar-refractivity contribution in [1.29, 1.82) is 0 Å². The van der Waals surface area contributed by atoms with Gasteiger partial charge in [0, 0.05) is 18.9 Å². The summed E-state index contributed by atoms with van der Waals surface area (Å²) < 4.78 is 4.94. The Bertz CT molecular complexity index is 257. The van der Waals surface area contributed by atoms with Crippen LogP contribution >= 0.6 is 0 Å². The summed E-state index contributed by atoms with van der Waals surface area (Å²) in [6, 6.07) is 0. The van der Waals surface area contributed by atoms with Crippen LogP contribution < -0.4 is 5.32 Å². The van der Waals surface area contributed by atoms with Crippen molar-refractivity contribution in [3.63, 3.8) is 0 Å². The minimum absolute atomic E-state index is 0.103. The predicted octanol–water partition coefficient (Wildman–Crippen LogP) is 1.88. The maximum Gasteiger partial charge on any atom is 0.306 e. The van der Waals surface area contributed by atoms with Gasteiger partial charge in [-0.2, -0.15) is 0 Å². The minimum Gasteiger partial charge on any atom is -0.466 e. The van der Waals surface area contributed by atoms with Gasteiger partial charge in [-0.3, -0.25) is 9.59 Å². The van der Waals surface area contributed by atoms with Gasteiger partial charge in [-0.05, 0) is 45.4 Å². The van der Waals surface area contributed by atoms with Crippen LogP contribution in [0, 0.1) is 11.8 Å². The molecule has 1 saturated carbocycles. The van der Waals surface area contributed by atoms with Crippen LogP contribution in [0.2, 0.25) is 0 Å². The summed E-state index contributed by atoms with van der Waals surface area (Å²) in [7, 11) is 0. The molecule has 0 spiro atoms. The van der Waals surface area contributed by atoms with Gasteiger partial charge < -0.3 is 10.1 Å². The molecule has 1 fully saturated rings. The van der Waals surface area contributed by atoms with Crippen LogP contribution in [0.4, 0.5) is 0 Å². The number of carbonyl (C=O) groups is 2. The number of hydrogen-bond acceptors (Lipinski definition) is 3. The highest BCUT2D eigenvalue weighted by Crippen LogP contribution is 2.31. The molecule has 4 nitrogen and oxygen atoms in total. The topological polar surface area (TPSA) is 55.4 Å². The van der Waals surface area contributed by atoms with Gasteiger partial charge in [-0.25, -0.2) is 0 Å². The fourth-order valence-electron chi connectivity index (χ4n) is 2.40. The van der Waals surface area contributed by atoms with Gasteiger partial charge in [0.25, 0.3) is 0 Å². The fraction of sp³-hybridized carbons (Fsp3) is 0.846. The first-order chi connectivity index (χ1) is 8.17. The van der Waals surface area contributed by atoms with Crippen molar-refractivity contribution in [2.75, 3.05) is 13.2 Å². The summed E-state index contributed by atoms with van der Waals surface area (Å²) >= 11 is 0. The van der Waals surface area contributed by atoms with Crippen molar-refractivity contribution in [3.8, 4) is 0 Å². The number of ether oxygens (including phenoxy) is 1. The number of rotatable bonds is 5. The summed E-state index contributed by atoms with van der Waals surface area (Å²) in [6.45, 7) is 4.91. The highest BCUT2D eigenvalue weighted by molar-refractivity contribution is 5.78. The second-order valence-corrected chi connectivity index (χ2v) is 4.62. The quantitative estimate of drug-likeness (QED) is 0.748. The maximum atomic E-state index is 11.6. The molecular formula is C13H23NO3. The zero-order valence-corrected chi connectivity index (χ0v) is 10.8. The lowest BCUT2D eigenvalue weighted by Crippen LogP contribution is -2.33. The number of esters is 1. The summed E-state index contributed by atoms with van der Waals surface area (Å²) in [5.41, 5.74) is 0. The normalized spacial score (nSPS) is 24.1. The zero-order valence-electron chi connectivity index (χ0n) is 10.8. The molecule has 0 saturated heterocycles. The maximum absolute atomic E-state index is 11.6.